The maximum absolute atomic E-state index is 11.1. The van der Waals surface area contributed by atoms with Crippen LogP contribution >= 0.6 is 0 Å². The van der Waals surface area contributed by atoms with Gasteiger partial charge in [0.15, 0.2) is 0 Å². The van der Waals surface area contributed by atoms with Crippen LogP contribution in [0, 0.1) is 0 Å². The van der Waals surface area contributed by atoms with Crippen LogP contribution in [0.3, 0.4) is 0 Å². The molecular formula is C8H15N5O. The Balaban J connectivity index is 2.89. The van der Waals surface area contributed by atoms with Gasteiger partial charge in [0, 0.05) is 12.6 Å². The summed E-state index contributed by atoms with van der Waals surface area (Å²) in [6.07, 6.45) is 0. The van der Waals surface area contributed by atoms with E-state index in [-0.39, 0.29) is 6.04 Å². The Morgan fingerprint density at radius 3 is 2.71 bits per heavy atom. The lowest BCUT2D eigenvalue weighted by Crippen LogP contribution is -2.21. The molecule has 0 aliphatic heterocycles. The van der Waals surface area contributed by atoms with Gasteiger partial charge in [0.2, 0.25) is 11.9 Å². The lowest BCUT2D eigenvalue weighted by atomic mass is 10.4. The smallest absolute Gasteiger partial charge is 0.350 e. The highest BCUT2D eigenvalue weighted by Gasteiger charge is 2.02. The highest BCUT2D eigenvalue weighted by Crippen LogP contribution is 2.00. The van der Waals surface area contributed by atoms with Gasteiger partial charge in [-0.3, -0.25) is 4.98 Å². The zero-order valence-corrected chi connectivity index (χ0v) is 8.59. The number of aromatic amines is 1. The first-order valence-electron chi connectivity index (χ1n) is 4.60. The molecule has 0 radical (unpaired) electrons. The van der Waals surface area contributed by atoms with Crippen LogP contribution in [0.2, 0.25) is 0 Å². The van der Waals surface area contributed by atoms with Crippen molar-refractivity contribution in [2.45, 2.75) is 26.8 Å². The normalized spacial score (nSPS) is 10.3. The summed E-state index contributed by atoms with van der Waals surface area (Å²) in [6.45, 7) is 6.53. The molecule has 0 saturated heterocycles. The molecule has 14 heavy (non-hydrogen) atoms. The van der Waals surface area contributed by atoms with Crippen LogP contribution in [0.1, 0.15) is 20.8 Å². The van der Waals surface area contributed by atoms with Gasteiger partial charge in [0.1, 0.15) is 0 Å². The molecule has 0 fully saturated rings. The lowest BCUT2D eigenvalue weighted by Gasteiger charge is -2.08. The third kappa shape index (κ3) is 3.04. The Labute approximate surface area is 82.2 Å². The van der Waals surface area contributed by atoms with Crippen LogP contribution in [0.15, 0.2) is 4.79 Å². The van der Waals surface area contributed by atoms with E-state index in [9.17, 15) is 4.79 Å². The Morgan fingerprint density at radius 1 is 1.43 bits per heavy atom. The first kappa shape index (κ1) is 10.5. The van der Waals surface area contributed by atoms with Gasteiger partial charge in [-0.25, -0.2) is 4.79 Å². The van der Waals surface area contributed by atoms with E-state index in [1.54, 1.807) is 0 Å². The first-order valence-corrected chi connectivity index (χ1v) is 4.60. The fraction of sp³-hybridized carbons (Fsp3) is 0.625. The molecular weight excluding hydrogens is 188 g/mol. The second kappa shape index (κ2) is 4.59. The van der Waals surface area contributed by atoms with E-state index >= 15 is 0 Å². The minimum absolute atomic E-state index is 0.218. The highest BCUT2D eigenvalue weighted by molar-refractivity contribution is 5.32. The van der Waals surface area contributed by atoms with Crippen LogP contribution in [-0.2, 0) is 0 Å². The summed E-state index contributed by atoms with van der Waals surface area (Å²) in [4.78, 5) is 21.3. The van der Waals surface area contributed by atoms with Crippen LogP contribution in [-0.4, -0.2) is 27.5 Å². The summed E-state index contributed by atoms with van der Waals surface area (Å²) in [6, 6.07) is 0.218. The number of hydrogen-bond acceptors (Lipinski definition) is 5. The molecule has 0 aromatic carbocycles. The zero-order valence-electron chi connectivity index (χ0n) is 8.59. The largest absolute Gasteiger partial charge is 0.354 e. The van der Waals surface area contributed by atoms with Crippen LogP contribution in [0.5, 0.6) is 0 Å². The van der Waals surface area contributed by atoms with Crippen LogP contribution in [0.4, 0.5) is 11.9 Å². The minimum Gasteiger partial charge on any atom is -0.354 e. The molecule has 1 heterocycles. The molecule has 0 unspecified atom stereocenters. The maximum Gasteiger partial charge on any atom is 0.350 e. The molecule has 0 saturated carbocycles. The molecule has 1 aromatic heterocycles. The van der Waals surface area contributed by atoms with E-state index in [0.717, 1.165) is 0 Å². The maximum atomic E-state index is 11.1. The van der Waals surface area contributed by atoms with Crippen molar-refractivity contribution in [2.24, 2.45) is 0 Å². The predicted molar refractivity (Wildman–Crippen MR) is 55.6 cm³/mol. The molecule has 6 heteroatoms. The summed E-state index contributed by atoms with van der Waals surface area (Å²) >= 11 is 0. The molecule has 6 nitrogen and oxygen atoms in total. The Bertz CT molecular complexity index is 346. The number of rotatable bonds is 4. The second-order valence-electron chi connectivity index (χ2n) is 3.16. The molecule has 0 amide bonds. The quantitative estimate of drug-likeness (QED) is 0.660. The molecule has 0 aliphatic rings. The van der Waals surface area contributed by atoms with E-state index in [1.165, 1.54) is 0 Å². The van der Waals surface area contributed by atoms with Crippen molar-refractivity contribution < 1.29 is 0 Å². The monoisotopic (exact) mass is 203 g/mol. The van der Waals surface area contributed by atoms with Gasteiger partial charge in [0.05, 0.1) is 0 Å². The average molecular weight is 203 g/mol. The molecule has 0 atom stereocenters. The summed E-state index contributed by atoms with van der Waals surface area (Å²) in [5.74, 6) is 0.787. The number of hydrogen-bond donors (Lipinski definition) is 3. The van der Waals surface area contributed by atoms with Gasteiger partial charge in [-0.2, -0.15) is 9.97 Å². The van der Waals surface area contributed by atoms with Gasteiger partial charge < -0.3 is 10.6 Å². The van der Waals surface area contributed by atoms with Gasteiger partial charge in [-0.1, -0.05) is 0 Å². The molecule has 78 valence electrons. The number of anilines is 2. The molecule has 0 spiro atoms. The number of aromatic nitrogens is 3. The average Bonchev–Trinajstić information content (AvgIpc) is 2.01. The third-order valence-corrected chi connectivity index (χ3v) is 1.41. The van der Waals surface area contributed by atoms with E-state index < -0.39 is 5.69 Å². The van der Waals surface area contributed by atoms with Crippen molar-refractivity contribution in [1.82, 2.24) is 15.0 Å². The number of nitrogens with zero attached hydrogens (tertiary/aromatic N) is 2. The van der Waals surface area contributed by atoms with E-state index in [4.69, 9.17) is 0 Å². The SMILES string of the molecule is CCN[13c]1[15n][13c](NC(C)C)[15nH][13c](=O)[15n]1. The van der Waals surface area contributed by atoms with Crippen LogP contribution < -0.4 is 16.3 Å². The Hall–Kier alpha value is -1.59. The van der Waals surface area contributed by atoms with Crippen molar-refractivity contribution >= 4 is 11.9 Å². The molecule has 3 N–H and O–H groups in total. The van der Waals surface area contributed by atoms with Crippen molar-refractivity contribution in [2.75, 3.05) is 17.2 Å². The summed E-state index contributed by atoms with van der Waals surface area (Å²) in [5.41, 5.74) is -0.404. The molecule has 1 aromatic rings. The van der Waals surface area contributed by atoms with Gasteiger partial charge >= 0.3 is 5.69 Å². The fourth-order valence-electron chi connectivity index (χ4n) is 0.963. The summed E-state index contributed by atoms with van der Waals surface area (Å²) in [5, 5.41) is 5.88. The van der Waals surface area contributed by atoms with Crippen molar-refractivity contribution in [3.63, 3.8) is 0 Å². The predicted octanol–water partition coefficient (Wildman–Crippen LogP) is 0.417. The molecule has 0 aliphatic carbocycles. The van der Waals surface area contributed by atoms with Crippen LogP contribution in [0.25, 0.3) is 0 Å². The van der Waals surface area contributed by atoms with Crippen molar-refractivity contribution in [3.8, 4) is 0 Å². The Kier molecular flexibility index (Phi) is 3.44. The minimum atomic E-state index is -0.404. The van der Waals surface area contributed by atoms with Gasteiger partial charge in [0.25, 0.3) is 0 Å². The molecule has 1 rings (SSSR count). The topological polar surface area (TPSA) is 82.7 Å². The lowest BCUT2D eigenvalue weighted by molar-refractivity contribution is 0.857. The third-order valence-electron chi connectivity index (χ3n) is 1.41. The van der Waals surface area contributed by atoms with Crippen molar-refractivity contribution in [3.05, 3.63) is 10.5 Å². The van der Waals surface area contributed by atoms with E-state index in [0.29, 0.717) is 18.4 Å². The Morgan fingerprint density at radius 2 is 2.14 bits per heavy atom. The zero-order chi connectivity index (χ0) is 10.6. The summed E-state index contributed by atoms with van der Waals surface area (Å²) in [7, 11) is 0. The van der Waals surface area contributed by atoms with Gasteiger partial charge in [-0.05, 0) is 20.8 Å². The van der Waals surface area contributed by atoms with E-state index in [2.05, 4.69) is 25.6 Å². The fourth-order valence-corrected chi connectivity index (χ4v) is 0.963. The number of H-pyrrole nitrogens is 1. The van der Waals surface area contributed by atoms with Crippen molar-refractivity contribution in [1.29, 1.82) is 0 Å². The van der Waals surface area contributed by atoms with Gasteiger partial charge in [-0.15, -0.1) is 0 Å². The highest BCUT2D eigenvalue weighted by atomic mass is 16.3. The standard InChI is InChI=1S/C8H15N5O/c1-4-9-6-11-7(10-5(2)3)13-8(14)12-6/h5H,4H2,1-3H3,(H3,9,10,11,12,13,14)/i6+1,7+1,8+1,11+1,12+1,13+1. The summed E-state index contributed by atoms with van der Waals surface area (Å²) < 4.78 is 0. The second-order valence-corrected chi connectivity index (χ2v) is 3.16. The number of nitrogens with one attached hydrogen (secondary N) is 3. The van der Waals surface area contributed by atoms with E-state index in [1.807, 2.05) is 20.8 Å². The molecule has 0 bridgehead atoms. The first-order chi connectivity index (χ1) is 6.61.